The summed E-state index contributed by atoms with van der Waals surface area (Å²) in [4.78, 5) is 0. The lowest BCUT2D eigenvalue weighted by atomic mass is 9.71. The van der Waals surface area contributed by atoms with E-state index in [0.717, 1.165) is 25.2 Å². The van der Waals surface area contributed by atoms with E-state index in [1.54, 1.807) is 0 Å². The molecule has 0 N–H and O–H groups in total. The lowest BCUT2D eigenvalue weighted by Crippen LogP contribution is -2.38. The molecule has 100 valence electrons. The van der Waals surface area contributed by atoms with Crippen molar-refractivity contribution >= 4 is 57.6 Å². The highest BCUT2D eigenvalue weighted by atomic mass is 80.0. The van der Waals surface area contributed by atoms with Gasteiger partial charge < -0.3 is 0 Å². The average Bonchev–Trinajstić information content (AvgIpc) is 2.27. The molecule has 2 aliphatic rings. The number of fused-ring (bicyclic) bond motifs is 1. The van der Waals surface area contributed by atoms with Crippen LogP contribution in [0.25, 0.3) is 0 Å². The molecule has 0 aliphatic heterocycles. The molecule has 17 heavy (non-hydrogen) atoms. The zero-order chi connectivity index (χ0) is 12.7. The predicted molar refractivity (Wildman–Crippen MR) is 81.5 cm³/mol. The molecule has 0 saturated heterocycles. The Balaban J connectivity index is 2.10. The molecule has 0 spiro atoms. The fourth-order valence-corrected chi connectivity index (χ4v) is 7.01. The van der Waals surface area contributed by atoms with Crippen molar-refractivity contribution in [1.82, 2.24) is 0 Å². The highest BCUT2D eigenvalue weighted by molar-refractivity contribution is 9.42. The van der Waals surface area contributed by atoms with Crippen molar-refractivity contribution in [3.63, 3.8) is 0 Å². The maximum absolute atomic E-state index is 12.3. The zero-order valence-corrected chi connectivity index (χ0v) is 15.1. The Morgan fingerprint density at radius 3 is 2.06 bits per heavy atom. The molecule has 0 bridgehead atoms. The molecular weight excluding hydrogens is 436 g/mol. The first-order valence-corrected chi connectivity index (χ1v) is 10.0. The number of hydrogen-bond donors (Lipinski definition) is 0. The van der Waals surface area contributed by atoms with Gasteiger partial charge in [-0.1, -0.05) is 25.7 Å². The van der Waals surface area contributed by atoms with E-state index in [9.17, 15) is 8.42 Å². The Morgan fingerprint density at radius 2 is 1.47 bits per heavy atom. The Morgan fingerprint density at radius 1 is 0.882 bits per heavy atom. The predicted octanol–water partition coefficient (Wildman–Crippen LogP) is 4.56. The largest absolute Gasteiger partial charge is 0.235 e. The Bertz CT molecular complexity index is 375. The highest BCUT2D eigenvalue weighted by Gasteiger charge is 2.45. The number of sulfone groups is 1. The van der Waals surface area contributed by atoms with Crippen molar-refractivity contribution in [3.05, 3.63) is 0 Å². The van der Waals surface area contributed by atoms with Crippen molar-refractivity contribution in [2.24, 2.45) is 11.8 Å². The number of alkyl halides is 3. The zero-order valence-electron chi connectivity index (χ0n) is 9.54. The Hall–Kier alpha value is 1.39. The van der Waals surface area contributed by atoms with Crippen LogP contribution in [0.15, 0.2) is 0 Å². The maximum Gasteiger partial charge on any atom is 0.235 e. The van der Waals surface area contributed by atoms with E-state index in [1.165, 1.54) is 25.7 Å². The average molecular weight is 453 g/mol. The third-order valence-electron chi connectivity index (χ3n) is 4.25. The summed E-state index contributed by atoms with van der Waals surface area (Å²) in [5, 5.41) is -0.208. The molecule has 0 radical (unpaired) electrons. The molecule has 0 heterocycles. The minimum Gasteiger partial charge on any atom is -0.225 e. The van der Waals surface area contributed by atoms with E-state index in [2.05, 4.69) is 47.8 Å². The minimum absolute atomic E-state index is 0.208. The van der Waals surface area contributed by atoms with Crippen LogP contribution in [0, 0.1) is 11.8 Å². The summed E-state index contributed by atoms with van der Waals surface area (Å²) in [6, 6.07) is 0. The number of hydrogen-bond acceptors (Lipinski definition) is 2. The van der Waals surface area contributed by atoms with E-state index in [0.29, 0.717) is 5.92 Å². The SMILES string of the molecule is O=S(=O)(C1CCC2CCCCC2C1)C(Br)(Br)Br. The van der Waals surface area contributed by atoms with Gasteiger partial charge in [-0.3, -0.25) is 0 Å². The van der Waals surface area contributed by atoms with E-state index in [4.69, 9.17) is 0 Å². The molecule has 0 aromatic heterocycles. The van der Waals surface area contributed by atoms with Gasteiger partial charge in [-0.2, -0.15) is 0 Å². The van der Waals surface area contributed by atoms with Crippen molar-refractivity contribution in [3.8, 4) is 0 Å². The molecular formula is C11H17Br3O2S. The van der Waals surface area contributed by atoms with Crippen LogP contribution in [0.1, 0.15) is 44.9 Å². The van der Waals surface area contributed by atoms with E-state index >= 15 is 0 Å². The fourth-order valence-electron chi connectivity index (χ4n) is 3.30. The van der Waals surface area contributed by atoms with E-state index in [-0.39, 0.29) is 5.25 Å². The van der Waals surface area contributed by atoms with Gasteiger partial charge in [-0.15, -0.1) is 0 Å². The van der Waals surface area contributed by atoms with Gasteiger partial charge >= 0.3 is 0 Å². The standard InChI is InChI=1S/C11H17Br3O2S/c12-11(13,14)17(15,16)10-6-5-8-3-1-2-4-9(8)7-10/h8-10H,1-7H2. The normalized spacial score (nSPS) is 35.4. The van der Waals surface area contributed by atoms with Crippen LogP contribution in [-0.2, 0) is 9.84 Å². The Labute approximate surface area is 129 Å². The highest BCUT2D eigenvalue weighted by Crippen LogP contribution is 2.48. The molecule has 6 heteroatoms. The molecule has 2 nitrogen and oxygen atoms in total. The molecule has 3 atom stereocenters. The summed E-state index contributed by atoms with van der Waals surface area (Å²) in [7, 11) is -3.20. The summed E-state index contributed by atoms with van der Waals surface area (Å²) < 4.78 is 23.5. The van der Waals surface area contributed by atoms with Gasteiger partial charge in [0.05, 0.1) is 5.25 Å². The molecule has 3 unspecified atom stereocenters. The third-order valence-corrected chi connectivity index (χ3v) is 10.3. The van der Waals surface area contributed by atoms with Crippen LogP contribution in [-0.4, -0.2) is 15.1 Å². The van der Waals surface area contributed by atoms with Gasteiger partial charge in [0, 0.05) is 0 Å². The van der Waals surface area contributed by atoms with E-state index < -0.39 is 11.3 Å². The lowest BCUT2D eigenvalue weighted by Gasteiger charge is -2.39. The van der Waals surface area contributed by atoms with E-state index in [1.807, 2.05) is 0 Å². The second kappa shape index (κ2) is 5.41. The summed E-state index contributed by atoms with van der Waals surface area (Å²) >= 11 is 9.51. The maximum atomic E-state index is 12.3. The first kappa shape index (κ1) is 14.8. The van der Waals surface area contributed by atoms with Crippen LogP contribution < -0.4 is 0 Å². The van der Waals surface area contributed by atoms with Crippen molar-refractivity contribution in [2.75, 3.05) is 0 Å². The van der Waals surface area contributed by atoms with Gasteiger partial charge in [0.25, 0.3) is 0 Å². The molecule has 0 amide bonds. The first-order chi connectivity index (χ1) is 7.82. The van der Waals surface area contributed by atoms with Crippen LogP contribution >= 0.6 is 47.8 Å². The second-order valence-corrected chi connectivity index (χ2v) is 15.9. The van der Waals surface area contributed by atoms with Gasteiger partial charge in [0.2, 0.25) is 1.47 Å². The number of halogens is 3. The third kappa shape index (κ3) is 3.11. The number of rotatable bonds is 1. The minimum atomic E-state index is -3.20. The molecule has 2 fully saturated rings. The molecule has 0 aromatic rings. The molecule has 0 aromatic carbocycles. The Kier molecular flexibility index (Phi) is 4.71. The lowest BCUT2D eigenvalue weighted by molar-refractivity contribution is 0.173. The van der Waals surface area contributed by atoms with Crippen molar-refractivity contribution in [1.29, 1.82) is 0 Å². The molecule has 2 saturated carbocycles. The smallest absolute Gasteiger partial charge is 0.225 e. The van der Waals surface area contributed by atoms with Crippen LogP contribution in [0.5, 0.6) is 0 Å². The van der Waals surface area contributed by atoms with Crippen LogP contribution in [0.3, 0.4) is 0 Å². The summed E-state index contributed by atoms with van der Waals surface area (Å²) in [5.41, 5.74) is 0. The van der Waals surface area contributed by atoms with Gasteiger partial charge in [0.15, 0.2) is 9.84 Å². The summed E-state index contributed by atoms with van der Waals surface area (Å²) in [6.45, 7) is 0. The quantitative estimate of drug-likeness (QED) is 0.547. The second-order valence-electron chi connectivity index (χ2n) is 5.23. The van der Waals surface area contributed by atoms with Crippen molar-refractivity contribution < 1.29 is 8.42 Å². The topological polar surface area (TPSA) is 34.1 Å². The molecule has 2 rings (SSSR count). The van der Waals surface area contributed by atoms with Gasteiger partial charge in [-0.05, 0) is 78.9 Å². The van der Waals surface area contributed by atoms with Crippen molar-refractivity contribution in [2.45, 2.75) is 51.7 Å². The van der Waals surface area contributed by atoms with Gasteiger partial charge in [0.1, 0.15) is 0 Å². The summed E-state index contributed by atoms with van der Waals surface area (Å²) in [5.74, 6) is 1.41. The van der Waals surface area contributed by atoms with Gasteiger partial charge in [-0.25, -0.2) is 8.42 Å². The van der Waals surface area contributed by atoms with Crippen LogP contribution in [0.2, 0.25) is 0 Å². The van der Waals surface area contributed by atoms with Crippen LogP contribution in [0.4, 0.5) is 0 Å². The fraction of sp³-hybridized carbons (Fsp3) is 1.00. The first-order valence-electron chi connectivity index (χ1n) is 6.12. The monoisotopic (exact) mass is 450 g/mol. The summed E-state index contributed by atoms with van der Waals surface area (Å²) in [6.07, 6.45) is 7.87. The molecule has 2 aliphatic carbocycles.